The van der Waals surface area contributed by atoms with Gasteiger partial charge in [0.25, 0.3) is 0 Å². The van der Waals surface area contributed by atoms with Gasteiger partial charge in [-0.15, -0.1) is 0 Å². The number of allylic oxidation sites excluding steroid dienone is 2. The second-order valence-corrected chi connectivity index (χ2v) is 11.3. The summed E-state index contributed by atoms with van der Waals surface area (Å²) in [6, 6.07) is 5.48. The van der Waals surface area contributed by atoms with E-state index in [1.54, 1.807) is 6.07 Å². The van der Waals surface area contributed by atoms with Gasteiger partial charge in [0.1, 0.15) is 0 Å². The molecule has 5 rings (SSSR count). The van der Waals surface area contributed by atoms with Crippen LogP contribution in [-0.4, -0.2) is 17.0 Å². The maximum atomic E-state index is 13.5. The molecule has 0 bridgehead atoms. The molecule has 0 saturated heterocycles. The van der Waals surface area contributed by atoms with Gasteiger partial charge < -0.3 is 5.11 Å². The molecule has 1 aromatic carbocycles. The van der Waals surface area contributed by atoms with Gasteiger partial charge in [-0.25, -0.2) is 0 Å². The van der Waals surface area contributed by atoms with Crippen molar-refractivity contribution in [1.82, 2.24) is 0 Å². The lowest BCUT2D eigenvalue weighted by Gasteiger charge is -2.56. The molecule has 0 radical (unpaired) electrons. The number of aliphatic hydroxyl groups is 1. The first-order valence-electron chi connectivity index (χ1n) is 11.3. The van der Waals surface area contributed by atoms with E-state index in [0.29, 0.717) is 33.6 Å². The quantitative estimate of drug-likeness (QED) is 0.378. The van der Waals surface area contributed by atoms with Crippen molar-refractivity contribution in [1.29, 1.82) is 0 Å². The van der Waals surface area contributed by atoms with Gasteiger partial charge in [0, 0.05) is 15.5 Å². The molecule has 4 aliphatic carbocycles. The Labute approximate surface area is 189 Å². The second kappa shape index (κ2) is 7.22. The molecule has 1 aromatic rings. The number of ketones is 1. The predicted molar refractivity (Wildman–Crippen MR) is 123 cm³/mol. The Morgan fingerprint density at radius 2 is 1.83 bits per heavy atom. The summed E-state index contributed by atoms with van der Waals surface area (Å²) in [5.41, 5.74) is 3.20. The van der Waals surface area contributed by atoms with Gasteiger partial charge in [-0.2, -0.15) is 0 Å². The minimum Gasteiger partial charge on any atom is -0.393 e. The van der Waals surface area contributed by atoms with Crippen LogP contribution in [0.1, 0.15) is 64.4 Å². The SMILES string of the molecule is CC12CCC3C(CC=C4CC(O)CCC43C)C1C/C(=C\c1ccc(Cl)cc1Cl)C2=O. The molecule has 2 nitrogen and oxygen atoms in total. The molecule has 6 atom stereocenters. The fourth-order valence-corrected chi connectivity index (χ4v) is 7.71. The van der Waals surface area contributed by atoms with Crippen LogP contribution in [0.15, 0.2) is 35.4 Å². The van der Waals surface area contributed by atoms with Crippen molar-refractivity contribution in [3.63, 3.8) is 0 Å². The number of aliphatic hydroxyl groups excluding tert-OH is 1. The van der Waals surface area contributed by atoms with Crippen molar-refractivity contribution >= 4 is 35.1 Å². The molecule has 3 fully saturated rings. The molecular weight excluding hydrogens is 415 g/mol. The highest BCUT2D eigenvalue weighted by atomic mass is 35.5. The number of halogens is 2. The number of fused-ring (bicyclic) bond motifs is 5. The van der Waals surface area contributed by atoms with E-state index in [1.807, 2.05) is 18.2 Å². The Morgan fingerprint density at radius 1 is 1.07 bits per heavy atom. The van der Waals surface area contributed by atoms with Gasteiger partial charge in [-0.1, -0.05) is 54.8 Å². The lowest BCUT2D eigenvalue weighted by atomic mass is 9.48. The zero-order valence-electron chi connectivity index (χ0n) is 17.8. The number of Topliss-reactive ketones (excluding diaryl/α,β-unsaturated/α-hetero) is 1. The van der Waals surface area contributed by atoms with Crippen LogP contribution in [0.2, 0.25) is 10.0 Å². The zero-order valence-corrected chi connectivity index (χ0v) is 19.3. The molecule has 1 N–H and O–H groups in total. The molecule has 4 heteroatoms. The average Bonchev–Trinajstić information content (AvgIpc) is 2.95. The third-order valence-corrected chi connectivity index (χ3v) is 9.57. The van der Waals surface area contributed by atoms with Crippen LogP contribution in [0.3, 0.4) is 0 Å². The van der Waals surface area contributed by atoms with E-state index in [1.165, 1.54) is 5.57 Å². The minimum atomic E-state index is -0.262. The first kappa shape index (κ1) is 20.8. The second-order valence-electron chi connectivity index (χ2n) is 10.5. The highest BCUT2D eigenvalue weighted by Crippen LogP contribution is 2.64. The highest BCUT2D eigenvalue weighted by molar-refractivity contribution is 6.35. The molecule has 0 heterocycles. The van der Waals surface area contributed by atoms with E-state index >= 15 is 0 Å². The van der Waals surface area contributed by atoms with Gasteiger partial charge in [-0.3, -0.25) is 4.79 Å². The molecule has 0 amide bonds. The van der Waals surface area contributed by atoms with Crippen molar-refractivity contribution in [2.45, 2.75) is 64.9 Å². The third-order valence-electron chi connectivity index (χ3n) is 9.01. The van der Waals surface area contributed by atoms with Crippen LogP contribution < -0.4 is 0 Å². The first-order valence-corrected chi connectivity index (χ1v) is 12.1. The number of hydrogen-bond acceptors (Lipinski definition) is 2. The Hall–Kier alpha value is -1.09. The van der Waals surface area contributed by atoms with Crippen molar-refractivity contribution in [2.75, 3.05) is 0 Å². The maximum Gasteiger partial charge on any atom is 0.165 e. The summed E-state index contributed by atoms with van der Waals surface area (Å²) in [5.74, 6) is 1.87. The number of carbonyl (C=O) groups is 1. The van der Waals surface area contributed by atoms with E-state index in [0.717, 1.165) is 56.1 Å². The first-order chi connectivity index (χ1) is 14.2. The van der Waals surface area contributed by atoms with Gasteiger partial charge in [0.05, 0.1) is 6.10 Å². The molecule has 30 heavy (non-hydrogen) atoms. The van der Waals surface area contributed by atoms with Crippen LogP contribution in [0.4, 0.5) is 0 Å². The number of hydrogen-bond donors (Lipinski definition) is 1. The molecule has 0 aliphatic heterocycles. The molecule has 0 aromatic heterocycles. The summed E-state index contributed by atoms with van der Waals surface area (Å²) >= 11 is 12.4. The Bertz CT molecular complexity index is 964. The van der Waals surface area contributed by atoms with Gasteiger partial charge in [-0.05, 0) is 97.5 Å². The number of carbonyl (C=O) groups excluding carboxylic acids is 1. The molecule has 3 saturated carbocycles. The third kappa shape index (κ3) is 3.05. The standard InChI is InChI=1S/C26H30Cl2O2/c1-25-9-7-19(29)13-17(25)4-6-20-21(25)8-10-26(2)22(20)12-16(24(26)30)11-15-3-5-18(27)14-23(15)28/h3-5,11,14,19-22,29H,6-10,12-13H2,1-2H3/b16-11+. The van der Waals surface area contributed by atoms with Crippen LogP contribution >= 0.6 is 23.2 Å². The van der Waals surface area contributed by atoms with Gasteiger partial charge >= 0.3 is 0 Å². The average molecular weight is 445 g/mol. The lowest BCUT2D eigenvalue weighted by molar-refractivity contribution is -0.130. The summed E-state index contributed by atoms with van der Waals surface area (Å²) in [6.07, 6.45) is 11.0. The largest absolute Gasteiger partial charge is 0.393 e. The fraction of sp³-hybridized carbons (Fsp3) is 0.577. The van der Waals surface area contributed by atoms with E-state index in [4.69, 9.17) is 23.2 Å². The smallest absolute Gasteiger partial charge is 0.165 e. The predicted octanol–water partition coefficient (Wildman–Crippen LogP) is 6.88. The van der Waals surface area contributed by atoms with Gasteiger partial charge in [0.15, 0.2) is 5.78 Å². The van der Waals surface area contributed by atoms with Crippen LogP contribution in [0, 0.1) is 28.6 Å². The van der Waals surface area contributed by atoms with Crippen LogP contribution in [-0.2, 0) is 4.79 Å². The highest BCUT2D eigenvalue weighted by Gasteiger charge is 2.59. The molecule has 0 spiro atoms. The summed E-state index contributed by atoms with van der Waals surface area (Å²) in [5, 5.41) is 11.4. The van der Waals surface area contributed by atoms with Crippen molar-refractivity contribution in [3.8, 4) is 0 Å². The van der Waals surface area contributed by atoms with Gasteiger partial charge in [0.2, 0.25) is 0 Å². The summed E-state index contributed by atoms with van der Waals surface area (Å²) in [6.45, 7) is 4.62. The Morgan fingerprint density at radius 3 is 2.60 bits per heavy atom. The van der Waals surface area contributed by atoms with E-state index < -0.39 is 0 Å². The zero-order chi connectivity index (χ0) is 21.3. The normalized spacial score (nSPS) is 41.8. The maximum absolute atomic E-state index is 13.5. The minimum absolute atomic E-state index is 0.179. The molecule has 160 valence electrons. The monoisotopic (exact) mass is 444 g/mol. The van der Waals surface area contributed by atoms with Crippen LogP contribution in [0.5, 0.6) is 0 Å². The van der Waals surface area contributed by atoms with Crippen molar-refractivity contribution in [2.24, 2.45) is 28.6 Å². The Kier molecular flexibility index (Phi) is 5.00. The topological polar surface area (TPSA) is 37.3 Å². The summed E-state index contributed by atoms with van der Waals surface area (Å²) in [4.78, 5) is 13.5. The summed E-state index contributed by atoms with van der Waals surface area (Å²) < 4.78 is 0. The van der Waals surface area contributed by atoms with Crippen molar-refractivity contribution < 1.29 is 9.90 Å². The molecular formula is C26H30Cl2O2. The molecule has 6 unspecified atom stereocenters. The van der Waals surface area contributed by atoms with Crippen molar-refractivity contribution in [3.05, 3.63) is 51.0 Å². The van der Waals surface area contributed by atoms with E-state index in [9.17, 15) is 9.90 Å². The van der Waals surface area contributed by atoms with Crippen LogP contribution in [0.25, 0.3) is 6.08 Å². The molecule has 4 aliphatic rings. The lowest BCUT2D eigenvalue weighted by Crippen LogP contribution is -2.50. The van der Waals surface area contributed by atoms with E-state index in [-0.39, 0.29) is 16.9 Å². The Balaban J connectivity index is 1.48. The summed E-state index contributed by atoms with van der Waals surface area (Å²) in [7, 11) is 0. The number of rotatable bonds is 1. The number of benzene rings is 1. The fourth-order valence-electron chi connectivity index (χ4n) is 7.25. The van der Waals surface area contributed by atoms with E-state index in [2.05, 4.69) is 19.9 Å².